The molecular weight excluding hydrogens is 781 g/mol. The van der Waals surface area contributed by atoms with Crippen LogP contribution in [0.3, 0.4) is 0 Å². The van der Waals surface area contributed by atoms with Gasteiger partial charge in [0.15, 0.2) is 0 Å². The maximum absolute atomic E-state index is 9.45. The second kappa shape index (κ2) is 13.4. The van der Waals surface area contributed by atoms with Gasteiger partial charge in [0.2, 0.25) is 0 Å². The van der Waals surface area contributed by atoms with E-state index in [0.717, 1.165) is 99.1 Å². The minimum atomic E-state index is -0.301. The standard InChI is InChI=1S/C59H36N4O/c1-8-24-49-40(16-1)41-17-2-9-25-50(41)61(49)38-35-48(60-58(36-38)63-53-28-12-5-20-44(53)45-21-6-13-29-54(45)63)59-39(37-32-33-47-46-22-7-14-31-56(46)64-57(47)34-37)23-15-30-55(59)62-51-26-10-3-18-42(51)43-19-4-11-27-52(43)62/h1-36H/i5D,12D,20D,28D. The molecular formula is C59H36N4O. The minimum absolute atomic E-state index is 0.0882. The molecule has 14 rings (SSSR count). The largest absolute Gasteiger partial charge is 0.456 e. The number of fused-ring (bicyclic) bond motifs is 12. The lowest BCUT2D eigenvalue weighted by molar-refractivity contribution is 0.669. The maximum atomic E-state index is 9.45. The van der Waals surface area contributed by atoms with Crippen LogP contribution in [0.25, 0.3) is 127 Å². The van der Waals surface area contributed by atoms with Crippen molar-refractivity contribution >= 4 is 87.4 Å². The Bertz CT molecular complexity index is 4350. The molecule has 298 valence electrons. The maximum Gasteiger partial charge on any atom is 0.140 e. The summed E-state index contributed by atoms with van der Waals surface area (Å²) in [5.74, 6) is 0.506. The highest BCUT2D eigenvalue weighted by Gasteiger charge is 2.24. The Kier molecular flexibility index (Phi) is 6.54. The van der Waals surface area contributed by atoms with Gasteiger partial charge in [-0.3, -0.25) is 4.57 Å². The lowest BCUT2D eigenvalue weighted by atomic mass is 9.94. The van der Waals surface area contributed by atoms with Gasteiger partial charge in [0, 0.05) is 54.7 Å². The highest BCUT2D eigenvalue weighted by atomic mass is 16.3. The van der Waals surface area contributed by atoms with Crippen LogP contribution in [-0.2, 0) is 0 Å². The summed E-state index contributed by atoms with van der Waals surface area (Å²) >= 11 is 0. The summed E-state index contributed by atoms with van der Waals surface area (Å²) in [5.41, 5.74) is 12.0. The molecule has 0 aliphatic carbocycles. The first-order chi connectivity index (χ1) is 33.4. The third-order valence-electron chi connectivity index (χ3n) is 13.0. The number of nitrogens with zero attached hydrogens (tertiary/aromatic N) is 4. The van der Waals surface area contributed by atoms with Crippen LogP contribution < -0.4 is 0 Å². The summed E-state index contributed by atoms with van der Waals surface area (Å²) in [6, 6.07) is 66.1. The SMILES string of the molecule is [2H]c1c([2H])c([2H])c2c(c1[2H])c1ccccc1n2-c1cc(-n2c3ccccc3c3ccccc32)cc(-c2c(-c3ccc4c(c3)oc3ccccc34)cccc2-n2c3ccccc3c3ccccc32)n1. The number of rotatable bonds is 5. The van der Waals surface area contributed by atoms with Crippen LogP contribution >= 0.6 is 0 Å². The molecule has 14 aromatic rings. The van der Waals surface area contributed by atoms with Crippen molar-refractivity contribution in [1.82, 2.24) is 18.7 Å². The molecule has 0 unspecified atom stereocenters. The zero-order valence-corrected chi connectivity index (χ0v) is 34.2. The summed E-state index contributed by atoms with van der Waals surface area (Å²) in [7, 11) is 0. The Labute approximate surface area is 372 Å². The van der Waals surface area contributed by atoms with Gasteiger partial charge < -0.3 is 13.6 Å². The van der Waals surface area contributed by atoms with Crippen molar-refractivity contribution in [2.45, 2.75) is 0 Å². The van der Waals surface area contributed by atoms with Crippen molar-refractivity contribution in [3.8, 4) is 39.6 Å². The van der Waals surface area contributed by atoms with E-state index < -0.39 is 0 Å². The Morgan fingerprint density at radius 1 is 0.391 bits per heavy atom. The second-order valence-electron chi connectivity index (χ2n) is 16.4. The fraction of sp³-hybridized carbons (Fsp3) is 0. The van der Waals surface area contributed by atoms with Crippen LogP contribution in [0.15, 0.2) is 223 Å². The molecule has 0 spiro atoms. The van der Waals surface area contributed by atoms with Gasteiger partial charge >= 0.3 is 0 Å². The quantitative estimate of drug-likeness (QED) is 0.174. The van der Waals surface area contributed by atoms with Gasteiger partial charge in [-0.1, -0.05) is 146 Å². The van der Waals surface area contributed by atoms with Gasteiger partial charge in [-0.05, 0) is 77.8 Å². The third kappa shape index (κ3) is 4.98. The summed E-state index contributed by atoms with van der Waals surface area (Å²) in [5, 5.41) is 7.75. The fourth-order valence-electron chi connectivity index (χ4n) is 10.3. The van der Waals surface area contributed by atoms with Gasteiger partial charge in [0.25, 0.3) is 0 Å². The van der Waals surface area contributed by atoms with Gasteiger partial charge in [0.05, 0.1) is 55.7 Å². The molecule has 0 atom stereocenters. The van der Waals surface area contributed by atoms with Gasteiger partial charge in [-0.25, -0.2) is 4.98 Å². The molecule has 0 amide bonds. The molecule has 5 nitrogen and oxygen atoms in total. The minimum Gasteiger partial charge on any atom is -0.456 e. The molecule has 9 aromatic carbocycles. The lowest BCUT2D eigenvalue weighted by Crippen LogP contribution is -2.05. The Balaban J connectivity index is 1.16. The first-order valence-corrected chi connectivity index (χ1v) is 21.5. The van der Waals surface area contributed by atoms with E-state index in [9.17, 15) is 2.74 Å². The smallest absolute Gasteiger partial charge is 0.140 e. The molecule has 64 heavy (non-hydrogen) atoms. The predicted molar refractivity (Wildman–Crippen MR) is 265 cm³/mol. The molecule has 0 aliphatic heterocycles. The van der Waals surface area contributed by atoms with E-state index in [1.54, 1.807) is 0 Å². The number of benzene rings is 9. The Morgan fingerprint density at radius 3 is 1.58 bits per heavy atom. The third-order valence-corrected chi connectivity index (χ3v) is 13.0. The van der Waals surface area contributed by atoms with Crippen LogP contribution in [0.1, 0.15) is 5.48 Å². The van der Waals surface area contributed by atoms with Crippen molar-refractivity contribution in [2.75, 3.05) is 0 Å². The normalized spacial score (nSPS) is 12.9. The van der Waals surface area contributed by atoms with Crippen molar-refractivity contribution in [2.24, 2.45) is 0 Å². The topological polar surface area (TPSA) is 40.8 Å². The molecule has 0 aliphatic rings. The molecule has 5 heterocycles. The van der Waals surface area contributed by atoms with Crippen molar-refractivity contribution in [1.29, 1.82) is 0 Å². The number of hydrogen-bond donors (Lipinski definition) is 0. The van der Waals surface area contributed by atoms with Gasteiger partial charge in [-0.15, -0.1) is 0 Å². The molecule has 5 aromatic heterocycles. The zero-order valence-electron chi connectivity index (χ0n) is 38.2. The van der Waals surface area contributed by atoms with Crippen molar-refractivity contribution < 1.29 is 9.90 Å². The monoisotopic (exact) mass is 820 g/mol. The van der Waals surface area contributed by atoms with E-state index in [1.165, 1.54) is 0 Å². The number of hydrogen-bond acceptors (Lipinski definition) is 2. The molecule has 0 saturated heterocycles. The van der Waals surface area contributed by atoms with Gasteiger partial charge in [0.1, 0.15) is 17.0 Å². The Morgan fingerprint density at radius 2 is 0.922 bits per heavy atom. The predicted octanol–water partition coefficient (Wildman–Crippen LogP) is 15.6. The first kappa shape index (κ1) is 31.2. The number of aromatic nitrogens is 4. The summed E-state index contributed by atoms with van der Waals surface area (Å²) in [4.78, 5) is 5.71. The zero-order chi connectivity index (χ0) is 45.4. The highest BCUT2D eigenvalue weighted by molar-refractivity contribution is 6.13. The van der Waals surface area contributed by atoms with Gasteiger partial charge in [-0.2, -0.15) is 0 Å². The summed E-state index contributed by atoms with van der Waals surface area (Å²) in [6.45, 7) is 0. The molecule has 0 fully saturated rings. The summed E-state index contributed by atoms with van der Waals surface area (Å²) in [6.07, 6.45) is 0. The van der Waals surface area contributed by atoms with E-state index in [4.69, 9.17) is 12.1 Å². The van der Waals surface area contributed by atoms with Crippen molar-refractivity contribution in [3.05, 3.63) is 218 Å². The van der Waals surface area contributed by atoms with E-state index in [0.29, 0.717) is 27.8 Å². The molecule has 0 bridgehead atoms. The molecule has 0 radical (unpaired) electrons. The average Bonchev–Trinajstić information content (AvgIpc) is 4.13. The lowest BCUT2D eigenvalue weighted by Gasteiger charge is -2.20. The number of pyridine rings is 1. The molecule has 0 saturated carbocycles. The first-order valence-electron chi connectivity index (χ1n) is 23.5. The highest BCUT2D eigenvalue weighted by Crippen LogP contribution is 2.44. The number of para-hydroxylation sites is 7. The van der Waals surface area contributed by atoms with Crippen LogP contribution in [0.4, 0.5) is 0 Å². The van der Waals surface area contributed by atoms with E-state index in [1.807, 2.05) is 47.0 Å². The molecule has 0 N–H and O–H groups in total. The van der Waals surface area contributed by atoms with E-state index >= 15 is 0 Å². The second-order valence-corrected chi connectivity index (χ2v) is 16.4. The Hall–Kier alpha value is -8.67. The summed E-state index contributed by atoms with van der Waals surface area (Å²) < 4.78 is 49.4. The van der Waals surface area contributed by atoms with Crippen LogP contribution in [0.2, 0.25) is 0 Å². The van der Waals surface area contributed by atoms with E-state index in [2.05, 4.69) is 161 Å². The van der Waals surface area contributed by atoms with Crippen molar-refractivity contribution in [3.63, 3.8) is 0 Å². The average molecular weight is 821 g/mol. The molecule has 5 heteroatoms. The fourth-order valence-corrected chi connectivity index (χ4v) is 10.3. The van der Waals surface area contributed by atoms with E-state index in [-0.39, 0.29) is 24.2 Å². The van der Waals surface area contributed by atoms with Crippen LogP contribution in [-0.4, -0.2) is 18.7 Å². The van der Waals surface area contributed by atoms with Crippen LogP contribution in [0.5, 0.6) is 0 Å². The number of furan rings is 1. The van der Waals surface area contributed by atoms with Crippen LogP contribution in [0, 0.1) is 0 Å².